The van der Waals surface area contributed by atoms with Crippen molar-refractivity contribution in [3.05, 3.63) is 65.2 Å². The summed E-state index contributed by atoms with van der Waals surface area (Å²) in [5.41, 5.74) is 11.1. The van der Waals surface area contributed by atoms with Gasteiger partial charge in [-0.2, -0.15) is 0 Å². The predicted octanol–water partition coefficient (Wildman–Crippen LogP) is 4.00. The van der Waals surface area contributed by atoms with Gasteiger partial charge in [0.05, 0.1) is 0 Å². The normalized spacial score (nSPS) is 22.0. The number of hydrogen-bond acceptors (Lipinski definition) is 2. The Labute approximate surface area is 126 Å². The van der Waals surface area contributed by atoms with Crippen LogP contribution in [0, 0.1) is 5.92 Å². The lowest BCUT2D eigenvalue weighted by Crippen LogP contribution is -2.26. The van der Waals surface area contributed by atoms with Crippen molar-refractivity contribution in [1.82, 2.24) is 5.32 Å². The third-order valence-electron chi connectivity index (χ3n) is 4.88. The summed E-state index contributed by atoms with van der Waals surface area (Å²) in [7, 11) is 0. The summed E-state index contributed by atoms with van der Waals surface area (Å²) in [5, 5.41) is 3.93. The van der Waals surface area contributed by atoms with E-state index in [-0.39, 0.29) is 0 Å². The fourth-order valence-corrected chi connectivity index (χ4v) is 3.62. The minimum absolute atomic E-state index is 0.478. The summed E-state index contributed by atoms with van der Waals surface area (Å²) in [5.74, 6) is 0.810. The monoisotopic (exact) mass is 278 g/mol. The van der Waals surface area contributed by atoms with Crippen LogP contribution < -0.4 is 11.1 Å². The molecular weight excluding hydrogens is 256 g/mol. The molecule has 0 aliphatic heterocycles. The molecule has 2 aromatic carbocycles. The van der Waals surface area contributed by atoms with Crippen LogP contribution in [-0.2, 0) is 6.42 Å². The molecule has 2 aliphatic carbocycles. The van der Waals surface area contributed by atoms with Gasteiger partial charge in [-0.05, 0) is 60.4 Å². The van der Waals surface area contributed by atoms with Crippen molar-refractivity contribution in [3.8, 4) is 0 Å². The van der Waals surface area contributed by atoms with Crippen LogP contribution in [0.1, 0.15) is 48.0 Å². The molecule has 2 aromatic rings. The van der Waals surface area contributed by atoms with Crippen molar-refractivity contribution < 1.29 is 0 Å². The molecule has 0 spiro atoms. The van der Waals surface area contributed by atoms with E-state index < -0.39 is 0 Å². The lowest BCUT2D eigenvalue weighted by Gasteiger charge is -2.24. The average Bonchev–Trinajstić information content (AvgIpc) is 3.27. The summed E-state index contributed by atoms with van der Waals surface area (Å²) >= 11 is 0. The van der Waals surface area contributed by atoms with E-state index in [9.17, 15) is 0 Å². The second-order valence-electron chi connectivity index (χ2n) is 6.44. The van der Waals surface area contributed by atoms with E-state index in [1.807, 2.05) is 6.07 Å². The van der Waals surface area contributed by atoms with E-state index >= 15 is 0 Å². The summed E-state index contributed by atoms with van der Waals surface area (Å²) in [6, 6.07) is 18.3. The molecule has 1 fully saturated rings. The molecule has 0 radical (unpaired) electrons. The number of rotatable bonds is 4. The molecule has 1 saturated carbocycles. The number of nitrogens with one attached hydrogen (secondary N) is 1. The number of anilines is 1. The highest BCUT2D eigenvalue weighted by molar-refractivity contribution is 5.47. The van der Waals surface area contributed by atoms with Crippen molar-refractivity contribution >= 4 is 5.69 Å². The first-order valence-electron chi connectivity index (χ1n) is 8.00. The molecule has 3 N–H and O–H groups in total. The van der Waals surface area contributed by atoms with Crippen LogP contribution in [0.5, 0.6) is 0 Å². The largest absolute Gasteiger partial charge is 0.399 e. The minimum Gasteiger partial charge on any atom is -0.399 e. The Balaban J connectivity index is 1.58. The number of benzene rings is 2. The van der Waals surface area contributed by atoms with Crippen LogP contribution in [-0.4, -0.2) is 0 Å². The highest BCUT2D eigenvalue weighted by Gasteiger charge is 2.35. The first kappa shape index (κ1) is 12.9. The second-order valence-corrected chi connectivity index (χ2v) is 6.44. The first-order chi connectivity index (χ1) is 10.3. The maximum atomic E-state index is 5.91. The van der Waals surface area contributed by atoms with Gasteiger partial charge in [0.2, 0.25) is 0 Å². The molecule has 0 bridgehead atoms. The van der Waals surface area contributed by atoms with Gasteiger partial charge in [0, 0.05) is 17.8 Å². The molecule has 4 rings (SSSR count). The highest BCUT2D eigenvalue weighted by atomic mass is 15.0. The van der Waals surface area contributed by atoms with Gasteiger partial charge in [-0.1, -0.05) is 36.4 Å². The molecule has 0 aromatic heterocycles. The van der Waals surface area contributed by atoms with Gasteiger partial charge in [-0.25, -0.2) is 0 Å². The van der Waals surface area contributed by atoms with Crippen molar-refractivity contribution in [3.63, 3.8) is 0 Å². The molecule has 21 heavy (non-hydrogen) atoms. The quantitative estimate of drug-likeness (QED) is 0.830. The van der Waals surface area contributed by atoms with Gasteiger partial charge in [0.1, 0.15) is 0 Å². The summed E-state index contributed by atoms with van der Waals surface area (Å²) in [6.07, 6.45) is 5.04. The van der Waals surface area contributed by atoms with Gasteiger partial charge < -0.3 is 11.1 Å². The molecule has 0 saturated heterocycles. The van der Waals surface area contributed by atoms with Gasteiger partial charge in [0.25, 0.3) is 0 Å². The van der Waals surface area contributed by atoms with E-state index in [4.69, 9.17) is 5.73 Å². The van der Waals surface area contributed by atoms with Crippen molar-refractivity contribution in [2.24, 2.45) is 5.92 Å². The highest BCUT2D eigenvalue weighted by Crippen LogP contribution is 2.44. The zero-order valence-electron chi connectivity index (χ0n) is 12.3. The van der Waals surface area contributed by atoms with Gasteiger partial charge in [-0.3, -0.25) is 0 Å². The molecule has 108 valence electrons. The maximum Gasteiger partial charge on any atom is 0.0354 e. The van der Waals surface area contributed by atoms with E-state index in [1.165, 1.54) is 36.0 Å². The van der Waals surface area contributed by atoms with Crippen LogP contribution in [0.25, 0.3) is 0 Å². The number of nitrogen functional groups attached to an aromatic ring is 1. The molecule has 2 heteroatoms. The fourth-order valence-electron chi connectivity index (χ4n) is 3.62. The Kier molecular flexibility index (Phi) is 3.19. The van der Waals surface area contributed by atoms with E-state index in [0.29, 0.717) is 12.1 Å². The first-order valence-corrected chi connectivity index (χ1v) is 8.00. The molecular formula is C19H22N2. The predicted molar refractivity (Wildman–Crippen MR) is 87.0 cm³/mol. The number of aryl methyl sites for hydroxylation is 1. The lowest BCUT2D eigenvalue weighted by atomic mass is 9.99. The van der Waals surface area contributed by atoms with Crippen LogP contribution in [0.3, 0.4) is 0 Å². The summed E-state index contributed by atoms with van der Waals surface area (Å²) in [4.78, 5) is 0. The summed E-state index contributed by atoms with van der Waals surface area (Å²) in [6.45, 7) is 0. The number of fused-ring (bicyclic) bond motifs is 1. The minimum atomic E-state index is 0.478. The van der Waals surface area contributed by atoms with E-state index in [0.717, 1.165) is 18.0 Å². The van der Waals surface area contributed by atoms with Crippen molar-refractivity contribution in [2.45, 2.75) is 37.8 Å². The van der Waals surface area contributed by atoms with Crippen LogP contribution in [0.4, 0.5) is 5.69 Å². The lowest BCUT2D eigenvalue weighted by molar-refractivity contribution is 0.408. The summed E-state index contributed by atoms with van der Waals surface area (Å²) < 4.78 is 0. The van der Waals surface area contributed by atoms with Gasteiger partial charge in [-0.15, -0.1) is 0 Å². The standard InChI is InChI=1S/C19H22N2/c20-16-9-10-17-15(12-16)8-11-18(17)21-19(14-6-7-14)13-4-2-1-3-5-13/h1-5,9-10,12,14,18-19,21H,6-8,11,20H2. The van der Waals surface area contributed by atoms with E-state index in [1.54, 1.807) is 0 Å². The Morgan fingerprint density at radius 2 is 1.81 bits per heavy atom. The Morgan fingerprint density at radius 1 is 1.00 bits per heavy atom. The Bertz CT molecular complexity index is 631. The number of hydrogen-bond donors (Lipinski definition) is 2. The SMILES string of the molecule is Nc1ccc2c(c1)CCC2NC(c1ccccc1)C1CC1. The zero-order chi connectivity index (χ0) is 14.2. The fraction of sp³-hybridized carbons (Fsp3) is 0.368. The van der Waals surface area contributed by atoms with Gasteiger partial charge in [0.15, 0.2) is 0 Å². The molecule has 0 heterocycles. The Morgan fingerprint density at radius 3 is 2.57 bits per heavy atom. The number of nitrogens with two attached hydrogens (primary N) is 1. The Hall–Kier alpha value is -1.80. The third-order valence-corrected chi connectivity index (χ3v) is 4.88. The smallest absolute Gasteiger partial charge is 0.0354 e. The third kappa shape index (κ3) is 2.56. The van der Waals surface area contributed by atoms with Gasteiger partial charge >= 0.3 is 0 Å². The molecule has 2 aliphatic rings. The van der Waals surface area contributed by atoms with Crippen molar-refractivity contribution in [1.29, 1.82) is 0 Å². The molecule has 2 unspecified atom stereocenters. The van der Waals surface area contributed by atoms with Crippen LogP contribution >= 0.6 is 0 Å². The second kappa shape index (κ2) is 5.19. The van der Waals surface area contributed by atoms with Crippen LogP contribution in [0.2, 0.25) is 0 Å². The molecule has 2 atom stereocenters. The molecule has 0 amide bonds. The zero-order valence-corrected chi connectivity index (χ0v) is 12.3. The topological polar surface area (TPSA) is 38.0 Å². The molecule has 2 nitrogen and oxygen atoms in total. The van der Waals surface area contributed by atoms with E-state index in [2.05, 4.69) is 47.8 Å². The van der Waals surface area contributed by atoms with Crippen LogP contribution in [0.15, 0.2) is 48.5 Å². The maximum absolute atomic E-state index is 5.91. The average molecular weight is 278 g/mol. The van der Waals surface area contributed by atoms with Crippen molar-refractivity contribution in [2.75, 3.05) is 5.73 Å².